The fourth-order valence-corrected chi connectivity index (χ4v) is 2.53. The van der Waals surface area contributed by atoms with Crippen molar-refractivity contribution in [1.29, 1.82) is 0 Å². The van der Waals surface area contributed by atoms with Crippen molar-refractivity contribution in [2.75, 3.05) is 32.7 Å². The van der Waals surface area contributed by atoms with Gasteiger partial charge in [0.15, 0.2) is 6.61 Å². The van der Waals surface area contributed by atoms with Crippen molar-refractivity contribution in [2.24, 2.45) is 0 Å². The standard InChI is InChI=1S/C21H24N2O6/c1-4-14-7-5-6-8-18(14)23-19(24)13-29-20(25)12-22-21(26)15-9-16(27-2)11-17(10-15)28-3/h5-11H,4,12-13H2,1-3H3,(H,22,26)(H,23,24). The van der Waals surface area contributed by atoms with Crippen LogP contribution < -0.4 is 20.1 Å². The van der Waals surface area contributed by atoms with Gasteiger partial charge in [-0.2, -0.15) is 0 Å². The molecule has 0 unspecified atom stereocenters. The molecule has 29 heavy (non-hydrogen) atoms. The molecule has 0 aromatic heterocycles. The fourth-order valence-electron chi connectivity index (χ4n) is 2.53. The number of nitrogens with one attached hydrogen (secondary N) is 2. The van der Waals surface area contributed by atoms with Gasteiger partial charge in [0.2, 0.25) is 0 Å². The van der Waals surface area contributed by atoms with E-state index in [1.54, 1.807) is 12.1 Å². The lowest BCUT2D eigenvalue weighted by Gasteiger charge is -2.11. The van der Waals surface area contributed by atoms with Gasteiger partial charge in [-0.05, 0) is 30.2 Å². The number of ether oxygens (including phenoxy) is 3. The highest BCUT2D eigenvalue weighted by Gasteiger charge is 2.13. The molecule has 0 saturated carbocycles. The third-order valence-electron chi connectivity index (χ3n) is 4.04. The van der Waals surface area contributed by atoms with Crippen LogP contribution in [-0.4, -0.2) is 45.2 Å². The number of rotatable bonds is 9. The first-order valence-corrected chi connectivity index (χ1v) is 9.01. The van der Waals surface area contributed by atoms with E-state index in [9.17, 15) is 14.4 Å². The molecule has 2 amide bonds. The Morgan fingerprint density at radius 3 is 2.24 bits per heavy atom. The van der Waals surface area contributed by atoms with Gasteiger partial charge < -0.3 is 24.8 Å². The Kier molecular flexibility index (Phi) is 8.02. The van der Waals surface area contributed by atoms with Crippen LogP contribution in [0.1, 0.15) is 22.8 Å². The number of hydrogen-bond acceptors (Lipinski definition) is 6. The second-order valence-corrected chi connectivity index (χ2v) is 6.00. The Morgan fingerprint density at radius 2 is 1.62 bits per heavy atom. The monoisotopic (exact) mass is 400 g/mol. The van der Waals surface area contributed by atoms with Crippen molar-refractivity contribution < 1.29 is 28.6 Å². The van der Waals surface area contributed by atoms with Crippen LogP contribution in [0, 0.1) is 0 Å². The number of methoxy groups -OCH3 is 2. The molecule has 0 spiro atoms. The number of aryl methyl sites for hydroxylation is 1. The third-order valence-corrected chi connectivity index (χ3v) is 4.04. The Hall–Kier alpha value is -3.55. The SMILES string of the molecule is CCc1ccccc1NC(=O)COC(=O)CNC(=O)c1cc(OC)cc(OC)c1. The Labute approximate surface area is 169 Å². The summed E-state index contributed by atoms with van der Waals surface area (Å²) < 4.78 is 15.1. The molecule has 0 radical (unpaired) electrons. The first-order valence-electron chi connectivity index (χ1n) is 9.01. The molecular formula is C21H24N2O6. The van der Waals surface area contributed by atoms with Crippen molar-refractivity contribution in [3.8, 4) is 11.5 Å². The second-order valence-electron chi connectivity index (χ2n) is 6.00. The van der Waals surface area contributed by atoms with Gasteiger partial charge in [-0.3, -0.25) is 14.4 Å². The summed E-state index contributed by atoms with van der Waals surface area (Å²) in [5.74, 6) is -0.794. The zero-order valence-electron chi connectivity index (χ0n) is 16.6. The topological polar surface area (TPSA) is 103 Å². The third kappa shape index (κ3) is 6.53. The van der Waals surface area contributed by atoms with Crippen molar-refractivity contribution in [3.05, 3.63) is 53.6 Å². The average Bonchev–Trinajstić information content (AvgIpc) is 2.75. The Morgan fingerprint density at radius 1 is 0.966 bits per heavy atom. The molecule has 0 bridgehead atoms. The summed E-state index contributed by atoms with van der Waals surface area (Å²) in [4.78, 5) is 36.0. The largest absolute Gasteiger partial charge is 0.497 e. The lowest BCUT2D eigenvalue weighted by atomic mass is 10.1. The maximum absolute atomic E-state index is 12.2. The summed E-state index contributed by atoms with van der Waals surface area (Å²) in [6.07, 6.45) is 0.761. The van der Waals surface area contributed by atoms with Gasteiger partial charge in [0.1, 0.15) is 18.0 Å². The summed E-state index contributed by atoms with van der Waals surface area (Å²) in [7, 11) is 2.94. The lowest BCUT2D eigenvalue weighted by molar-refractivity contribution is -0.146. The maximum Gasteiger partial charge on any atom is 0.325 e. The molecule has 0 aliphatic heterocycles. The summed E-state index contributed by atoms with van der Waals surface area (Å²) >= 11 is 0. The van der Waals surface area contributed by atoms with Crippen molar-refractivity contribution in [1.82, 2.24) is 5.32 Å². The molecule has 0 atom stereocenters. The van der Waals surface area contributed by atoms with E-state index in [1.807, 2.05) is 25.1 Å². The number of anilines is 1. The van der Waals surface area contributed by atoms with Gasteiger partial charge in [-0.1, -0.05) is 25.1 Å². The van der Waals surface area contributed by atoms with E-state index in [0.29, 0.717) is 17.2 Å². The van der Waals surface area contributed by atoms with E-state index >= 15 is 0 Å². The molecule has 0 saturated heterocycles. The highest BCUT2D eigenvalue weighted by molar-refractivity contribution is 5.97. The zero-order valence-corrected chi connectivity index (χ0v) is 16.6. The van der Waals surface area contributed by atoms with Crippen LogP contribution in [0.2, 0.25) is 0 Å². The molecule has 8 heteroatoms. The van der Waals surface area contributed by atoms with Crippen LogP contribution in [0.15, 0.2) is 42.5 Å². The van der Waals surface area contributed by atoms with E-state index < -0.39 is 24.4 Å². The number of carbonyl (C=O) groups is 3. The normalized spacial score (nSPS) is 10.0. The average molecular weight is 400 g/mol. The molecule has 2 aromatic rings. The molecule has 0 aliphatic rings. The predicted molar refractivity (Wildman–Crippen MR) is 107 cm³/mol. The first kappa shape index (κ1) is 21.7. The first-order chi connectivity index (χ1) is 14.0. The summed E-state index contributed by atoms with van der Waals surface area (Å²) in [5, 5.41) is 5.14. The number of hydrogen-bond donors (Lipinski definition) is 2. The van der Waals surface area contributed by atoms with Gasteiger partial charge in [0.25, 0.3) is 11.8 Å². The van der Waals surface area contributed by atoms with Crippen molar-refractivity contribution in [3.63, 3.8) is 0 Å². The van der Waals surface area contributed by atoms with Gasteiger partial charge in [0.05, 0.1) is 14.2 Å². The van der Waals surface area contributed by atoms with E-state index in [4.69, 9.17) is 14.2 Å². The Balaban J connectivity index is 1.82. The highest BCUT2D eigenvalue weighted by Crippen LogP contribution is 2.22. The second kappa shape index (κ2) is 10.7. The van der Waals surface area contributed by atoms with Gasteiger partial charge in [-0.15, -0.1) is 0 Å². The number of para-hydroxylation sites is 1. The molecule has 154 valence electrons. The molecule has 2 rings (SSSR count). The minimum atomic E-state index is -0.730. The molecule has 2 aromatic carbocycles. The quantitative estimate of drug-likeness (QED) is 0.626. The zero-order chi connectivity index (χ0) is 21.2. The summed E-state index contributed by atoms with van der Waals surface area (Å²) in [6, 6.07) is 12.0. The Bertz CT molecular complexity index is 859. The number of carbonyl (C=O) groups excluding carboxylic acids is 3. The lowest BCUT2D eigenvalue weighted by Crippen LogP contribution is -2.32. The van der Waals surface area contributed by atoms with E-state index in [-0.39, 0.29) is 12.1 Å². The van der Waals surface area contributed by atoms with E-state index in [0.717, 1.165) is 12.0 Å². The number of esters is 1. The van der Waals surface area contributed by atoms with Gasteiger partial charge in [-0.25, -0.2) is 0 Å². The smallest absolute Gasteiger partial charge is 0.325 e. The minimum absolute atomic E-state index is 0.267. The fraction of sp³-hybridized carbons (Fsp3) is 0.286. The maximum atomic E-state index is 12.2. The van der Waals surface area contributed by atoms with E-state index in [1.165, 1.54) is 26.4 Å². The molecule has 0 aliphatic carbocycles. The molecule has 0 fully saturated rings. The van der Waals surface area contributed by atoms with Crippen LogP contribution in [-0.2, 0) is 20.7 Å². The van der Waals surface area contributed by atoms with Crippen LogP contribution in [0.5, 0.6) is 11.5 Å². The van der Waals surface area contributed by atoms with Crippen molar-refractivity contribution >= 4 is 23.5 Å². The van der Waals surface area contributed by atoms with Gasteiger partial charge >= 0.3 is 5.97 Å². The van der Waals surface area contributed by atoms with Crippen molar-refractivity contribution in [2.45, 2.75) is 13.3 Å². The molecular weight excluding hydrogens is 376 g/mol. The minimum Gasteiger partial charge on any atom is -0.497 e. The van der Waals surface area contributed by atoms with Crippen LogP contribution in [0.25, 0.3) is 0 Å². The van der Waals surface area contributed by atoms with Gasteiger partial charge in [0, 0.05) is 17.3 Å². The summed E-state index contributed by atoms with van der Waals surface area (Å²) in [6.45, 7) is 1.16. The summed E-state index contributed by atoms with van der Waals surface area (Å²) in [5.41, 5.74) is 1.92. The molecule has 8 nitrogen and oxygen atoms in total. The number of amides is 2. The molecule has 2 N–H and O–H groups in total. The highest BCUT2D eigenvalue weighted by atomic mass is 16.5. The molecule has 0 heterocycles. The number of benzene rings is 2. The predicted octanol–water partition coefficient (Wildman–Crippen LogP) is 2.18. The van der Waals surface area contributed by atoms with Crippen LogP contribution >= 0.6 is 0 Å². The van der Waals surface area contributed by atoms with E-state index in [2.05, 4.69) is 10.6 Å². The van der Waals surface area contributed by atoms with Crippen LogP contribution in [0.4, 0.5) is 5.69 Å². The van der Waals surface area contributed by atoms with Crippen LogP contribution in [0.3, 0.4) is 0 Å².